The van der Waals surface area contributed by atoms with Gasteiger partial charge in [0.15, 0.2) is 0 Å². The van der Waals surface area contributed by atoms with Gasteiger partial charge in [-0.05, 0) is 11.5 Å². The molecule has 0 aliphatic rings. The van der Waals surface area contributed by atoms with E-state index in [1.54, 1.807) is 6.92 Å². The van der Waals surface area contributed by atoms with Crippen molar-refractivity contribution in [2.45, 2.75) is 19.3 Å². The second-order valence-corrected chi connectivity index (χ2v) is 3.43. The van der Waals surface area contributed by atoms with Gasteiger partial charge in [0.25, 0.3) is 0 Å². The number of benzene rings is 1. The quantitative estimate of drug-likeness (QED) is 0.792. The first-order valence-corrected chi connectivity index (χ1v) is 4.70. The monoisotopic (exact) mass is 199 g/mol. The van der Waals surface area contributed by atoms with Crippen LogP contribution in [-0.4, -0.2) is 13.0 Å². The van der Waals surface area contributed by atoms with Crippen molar-refractivity contribution in [1.29, 1.82) is 0 Å². The number of hydrogen-bond acceptors (Lipinski definition) is 1. The number of halogens is 2. The normalized spacial score (nSPS) is 15.5. The number of nitrogens with two attached hydrogens (primary N) is 1. The number of alkyl halides is 2. The largest absolute Gasteiger partial charge is 0.330 e. The van der Waals surface area contributed by atoms with E-state index < -0.39 is 12.3 Å². The van der Waals surface area contributed by atoms with Crippen LogP contribution in [0.3, 0.4) is 0 Å². The Balaban J connectivity index is 2.78. The summed E-state index contributed by atoms with van der Waals surface area (Å²) in [5, 5.41) is 0. The van der Waals surface area contributed by atoms with Gasteiger partial charge in [-0.3, -0.25) is 0 Å². The van der Waals surface area contributed by atoms with E-state index in [4.69, 9.17) is 5.73 Å². The van der Waals surface area contributed by atoms with Gasteiger partial charge in [-0.15, -0.1) is 0 Å². The van der Waals surface area contributed by atoms with Gasteiger partial charge in [0, 0.05) is 12.5 Å². The standard InChI is InChI=1S/C11H15F2N/c1-8(10(7-14)11(12)13)9-5-3-2-4-6-9/h2-6,8,10-11H,7,14H2,1H3. The predicted molar refractivity (Wildman–Crippen MR) is 53.4 cm³/mol. The molecule has 1 rings (SSSR count). The summed E-state index contributed by atoms with van der Waals surface area (Å²) in [4.78, 5) is 0. The minimum atomic E-state index is -2.35. The lowest BCUT2D eigenvalue weighted by Crippen LogP contribution is -2.26. The molecule has 0 aliphatic carbocycles. The van der Waals surface area contributed by atoms with Crippen LogP contribution in [0.2, 0.25) is 0 Å². The molecule has 1 aromatic carbocycles. The third-order valence-electron chi connectivity index (χ3n) is 2.56. The summed E-state index contributed by atoms with van der Waals surface area (Å²) in [5.74, 6) is -0.946. The van der Waals surface area contributed by atoms with Crippen molar-refractivity contribution in [3.05, 3.63) is 35.9 Å². The number of rotatable bonds is 4. The van der Waals surface area contributed by atoms with E-state index in [-0.39, 0.29) is 12.5 Å². The van der Waals surface area contributed by atoms with E-state index >= 15 is 0 Å². The topological polar surface area (TPSA) is 26.0 Å². The highest BCUT2D eigenvalue weighted by Gasteiger charge is 2.25. The Morgan fingerprint density at radius 1 is 1.21 bits per heavy atom. The first-order chi connectivity index (χ1) is 6.66. The molecule has 3 heteroatoms. The fourth-order valence-electron chi connectivity index (χ4n) is 1.53. The van der Waals surface area contributed by atoms with Gasteiger partial charge in [0.2, 0.25) is 6.43 Å². The zero-order valence-corrected chi connectivity index (χ0v) is 8.16. The Kier molecular flexibility index (Phi) is 4.01. The van der Waals surface area contributed by atoms with Crippen molar-refractivity contribution in [3.63, 3.8) is 0 Å². The summed E-state index contributed by atoms with van der Waals surface area (Å²) in [7, 11) is 0. The molecular weight excluding hydrogens is 184 g/mol. The Bertz CT molecular complexity index is 261. The first kappa shape index (κ1) is 11.1. The smallest absolute Gasteiger partial charge is 0.243 e. The SMILES string of the molecule is CC(c1ccccc1)C(CN)C(F)F. The predicted octanol–water partition coefficient (Wildman–Crippen LogP) is 2.63. The van der Waals surface area contributed by atoms with Crippen LogP contribution >= 0.6 is 0 Å². The van der Waals surface area contributed by atoms with Crippen LogP contribution in [-0.2, 0) is 0 Å². The zero-order valence-electron chi connectivity index (χ0n) is 8.16. The van der Waals surface area contributed by atoms with Crippen molar-refractivity contribution >= 4 is 0 Å². The Hall–Kier alpha value is -0.960. The second kappa shape index (κ2) is 5.05. The Morgan fingerprint density at radius 3 is 2.21 bits per heavy atom. The zero-order chi connectivity index (χ0) is 10.6. The maximum absolute atomic E-state index is 12.6. The van der Waals surface area contributed by atoms with Gasteiger partial charge in [0.05, 0.1) is 0 Å². The third kappa shape index (κ3) is 2.51. The molecule has 0 amide bonds. The molecule has 0 saturated heterocycles. The lowest BCUT2D eigenvalue weighted by atomic mass is 9.88. The van der Waals surface area contributed by atoms with Gasteiger partial charge in [-0.1, -0.05) is 37.3 Å². The van der Waals surface area contributed by atoms with Crippen molar-refractivity contribution in [2.75, 3.05) is 6.54 Å². The van der Waals surface area contributed by atoms with Crippen LogP contribution in [0.25, 0.3) is 0 Å². The molecule has 14 heavy (non-hydrogen) atoms. The van der Waals surface area contributed by atoms with Crippen LogP contribution in [0.15, 0.2) is 30.3 Å². The lowest BCUT2D eigenvalue weighted by molar-refractivity contribution is 0.0693. The summed E-state index contributed by atoms with van der Waals surface area (Å²) in [6.07, 6.45) is -2.35. The summed E-state index contributed by atoms with van der Waals surface area (Å²) in [6, 6.07) is 9.29. The molecule has 1 aromatic rings. The van der Waals surface area contributed by atoms with E-state index in [1.807, 2.05) is 30.3 Å². The summed E-state index contributed by atoms with van der Waals surface area (Å²) >= 11 is 0. The van der Waals surface area contributed by atoms with Crippen LogP contribution in [0.5, 0.6) is 0 Å². The lowest BCUT2D eigenvalue weighted by Gasteiger charge is -2.21. The van der Waals surface area contributed by atoms with E-state index in [9.17, 15) is 8.78 Å². The fraction of sp³-hybridized carbons (Fsp3) is 0.455. The molecule has 0 fully saturated rings. The first-order valence-electron chi connectivity index (χ1n) is 4.70. The van der Waals surface area contributed by atoms with Gasteiger partial charge >= 0.3 is 0 Å². The Morgan fingerprint density at radius 2 is 1.79 bits per heavy atom. The Labute approximate surface area is 82.9 Å². The van der Waals surface area contributed by atoms with Crippen LogP contribution in [0.1, 0.15) is 18.4 Å². The second-order valence-electron chi connectivity index (χ2n) is 3.43. The molecule has 78 valence electrons. The van der Waals surface area contributed by atoms with Crippen molar-refractivity contribution in [2.24, 2.45) is 11.7 Å². The highest BCUT2D eigenvalue weighted by atomic mass is 19.3. The van der Waals surface area contributed by atoms with Crippen molar-refractivity contribution in [1.82, 2.24) is 0 Å². The molecule has 0 heterocycles. The van der Waals surface area contributed by atoms with Gasteiger partial charge < -0.3 is 5.73 Å². The molecule has 0 bridgehead atoms. The van der Waals surface area contributed by atoms with Crippen LogP contribution < -0.4 is 5.73 Å². The van der Waals surface area contributed by atoms with E-state index in [0.29, 0.717) is 0 Å². The molecule has 0 aliphatic heterocycles. The average molecular weight is 199 g/mol. The fourth-order valence-corrected chi connectivity index (χ4v) is 1.53. The summed E-state index contributed by atoms with van der Waals surface area (Å²) in [6.45, 7) is 1.81. The summed E-state index contributed by atoms with van der Waals surface area (Å²) in [5.41, 5.74) is 6.25. The highest BCUT2D eigenvalue weighted by molar-refractivity contribution is 5.19. The van der Waals surface area contributed by atoms with Gasteiger partial charge in [0.1, 0.15) is 0 Å². The van der Waals surface area contributed by atoms with E-state index in [0.717, 1.165) is 5.56 Å². The minimum absolute atomic E-state index is 0.0216. The maximum Gasteiger partial charge on any atom is 0.243 e. The summed E-state index contributed by atoms with van der Waals surface area (Å²) < 4.78 is 25.1. The molecule has 0 saturated carbocycles. The molecule has 2 unspecified atom stereocenters. The average Bonchev–Trinajstić information content (AvgIpc) is 2.19. The van der Waals surface area contributed by atoms with Crippen LogP contribution in [0, 0.1) is 5.92 Å². The minimum Gasteiger partial charge on any atom is -0.330 e. The molecule has 1 nitrogen and oxygen atoms in total. The van der Waals surface area contributed by atoms with Gasteiger partial charge in [-0.25, -0.2) is 8.78 Å². The van der Waals surface area contributed by atoms with Crippen molar-refractivity contribution in [3.8, 4) is 0 Å². The van der Waals surface area contributed by atoms with Crippen LogP contribution in [0.4, 0.5) is 8.78 Å². The molecule has 0 spiro atoms. The molecule has 2 atom stereocenters. The highest BCUT2D eigenvalue weighted by Crippen LogP contribution is 2.27. The van der Waals surface area contributed by atoms with E-state index in [2.05, 4.69) is 0 Å². The third-order valence-corrected chi connectivity index (χ3v) is 2.56. The van der Waals surface area contributed by atoms with E-state index in [1.165, 1.54) is 0 Å². The number of hydrogen-bond donors (Lipinski definition) is 1. The van der Waals surface area contributed by atoms with Gasteiger partial charge in [-0.2, -0.15) is 0 Å². The van der Waals surface area contributed by atoms with Crippen molar-refractivity contribution < 1.29 is 8.78 Å². The molecule has 2 N–H and O–H groups in total. The molecular formula is C11H15F2N. The molecule has 0 aromatic heterocycles. The maximum atomic E-state index is 12.6. The molecule has 0 radical (unpaired) electrons.